The number of carbonyl (C=O) groups is 1. The molecule has 8 heteroatoms. The van der Waals surface area contributed by atoms with E-state index in [2.05, 4.69) is 16.4 Å². The van der Waals surface area contributed by atoms with Crippen molar-refractivity contribution in [1.29, 1.82) is 5.26 Å². The van der Waals surface area contributed by atoms with Crippen molar-refractivity contribution in [3.63, 3.8) is 0 Å². The van der Waals surface area contributed by atoms with Gasteiger partial charge in [-0.25, -0.2) is 4.98 Å². The number of rotatable bonds is 8. The average molecular weight is 399 g/mol. The van der Waals surface area contributed by atoms with Crippen LogP contribution in [-0.4, -0.2) is 24.6 Å². The van der Waals surface area contributed by atoms with Gasteiger partial charge < -0.3 is 14.8 Å². The molecule has 0 fully saturated rings. The third kappa shape index (κ3) is 5.06. The van der Waals surface area contributed by atoms with Crippen LogP contribution in [0.1, 0.15) is 18.4 Å². The minimum atomic E-state index is -0.0996. The molecule has 2 heterocycles. The summed E-state index contributed by atoms with van der Waals surface area (Å²) in [5.74, 6) is 0.956. The molecule has 0 saturated heterocycles. The van der Waals surface area contributed by atoms with Gasteiger partial charge in [-0.05, 0) is 30.0 Å². The molecule has 0 aliphatic rings. The molecule has 0 radical (unpaired) electrons. The summed E-state index contributed by atoms with van der Waals surface area (Å²) in [6, 6.07) is 11.0. The molecule has 1 N–H and O–H groups in total. The van der Waals surface area contributed by atoms with Crippen LogP contribution < -0.4 is 14.8 Å². The minimum absolute atomic E-state index is 0.0996. The molecular weight excluding hydrogens is 382 g/mol. The van der Waals surface area contributed by atoms with Crippen molar-refractivity contribution in [3.8, 4) is 28.1 Å². The molecule has 0 bridgehead atoms. The van der Waals surface area contributed by atoms with Crippen LogP contribution in [0.4, 0.5) is 5.13 Å². The first-order chi connectivity index (χ1) is 13.2. The second-order valence-corrected chi connectivity index (χ2v) is 7.30. The Bertz CT molecular complexity index is 946. The molecule has 3 rings (SSSR count). The van der Waals surface area contributed by atoms with Crippen molar-refractivity contribution < 1.29 is 14.3 Å². The Morgan fingerprint density at radius 1 is 1.30 bits per heavy atom. The summed E-state index contributed by atoms with van der Waals surface area (Å²) in [4.78, 5) is 17.6. The number of carbonyl (C=O) groups excluding carboxylic acids is 1. The summed E-state index contributed by atoms with van der Waals surface area (Å²) in [7, 11) is 1.52. The van der Waals surface area contributed by atoms with Gasteiger partial charge in [0.25, 0.3) is 0 Å². The fourth-order valence-electron chi connectivity index (χ4n) is 2.32. The van der Waals surface area contributed by atoms with Crippen LogP contribution in [0.2, 0.25) is 0 Å². The van der Waals surface area contributed by atoms with Crippen molar-refractivity contribution >= 4 is 33.7 Å². The number of aromatic nitrogens is 1. The van der Waals surface area contributed by atoms with E-state index in [0.717, 1.165) is 10.6 Å². The van der Waals surface area contributed by atoms with E-state index in [1.807, 2.05) is 22.9 Å². The molecular formula is C19H17N3O3S2. The Morgan fingerprint density at radius 2 is 2.19 bits per heavy atom. The molecule has 0 saturated carbocycles. The molecule has 3 aromatic rings. The number of methoxy groups -OCH3 is 1. The van der Waals surface area contributed by atoms with Crippen LogP contribution in [0.3, 0.4) is 0 Å². The highest BCUT2D eigenvalue weighted by Gasteiger charge is 2.10. The summed E-state index contributed by atoms with van der Waals surface area (Å²) in [6.45, 7) is 0.369. The predicted molar refractivity (Wildman–Crippen MR) is 106 cm³/mol. The van der Waals surface area contributed by atoms with E-state index in [0.29, 0.717) is 41.6 Å². The molecule has 0 unspecified atom stereocenters. The van der Waals surface area contributed by atoms with Crippen LogP contribution in [0, 0.1) is 11.3 Å². The largest absolute Gasteiger partial charge is 0.493 e. The van der Waals surface area contributed by atoms with Crippen molar-refractivity contribution in [2.24, 2.45) is 0 Å². The zero-order valence-corrected chi connectivity index (χ0v) is 16.2. The quantitative estimate of drug-likeness (QED) is 0.562. The standard InChI is InChI=1S/C19H17N3O3S2/c1-24-16-10-13(11-20)6-7-15(16)25-8-2-5-18(23)22-19-21-14(12-27-19)17-4-3-9-26-17/h3-4,6-7,9-10,12H,2,5,8H2,1H3,(H,21,22,23). The molecule has 138 valence electrons. The maximum Gasteiger partial charge on any atom is 0.226 e. The Kier molecular flexibility index (Phi) is 6.41. The Balaban J connectivity index is 1.44. The molecule has 6 nitrogen and oxygen atoms in total. The van der Waals surface area contributed by atoms with Crippen LogP contribution in [0.5, 0.6) is 11.5 Å². The zero-order chi connectivity index (χ0) is 19.1. The van der Waals surface area contributed by atoms with E-state index in [1.54, 1.807) is 29.5 Å². The molecule has 2 aromatic heterocycles. The van der Waals surface area contributed by atoms with Gasteiger partial charge in [-0.15, -0.1) is 22.7 Å². The maximum absolute atomic E-state index is 12.1. The first kappa shape index (κ1) is 18.9. The first-order valence-corrected chi connectivity index (χ1v) is 9.95. The maximum atomic E-state index is 12.1. The Hall–Kier alpha value is -2.89. The number of nitrogens with one attached hydrogen (secondary N) is 1. The number of hydrogen-bond donors (Lipinski definition) is 1. The number of ether oxygens (including phenoxy) is 2. The van der Waals surface area contributed by atoms with Gasteiger partial charge in [0.1, 0.15) is 0 Å². The number of benzene rings is 1. The summed E-state index contributed by atoms with van der Waals surface area (Å²) < 4.78 is 10.9. The molecule has 1 aromatic carbocycles. The Labute approximate surface area is 165 Å². The molecule has 0 aliphatic heterocycles. The normalized spacial score (nSPS) is 10.2. The highest BCUT2D eigenvalue weighted by Crippen LogP contribution is 2.29. The van der Waals surface area contributed by atoms with Gasteiger partial charge in [0.15, 0.2) is 16.6 Å². The number of thiophene rings is 1. The first-order valence-electron chi connectivity index (χ1n) is 8.20. The number of amides is 1. The lowest BCUT2D eigenvalue weighted by Crippen LogP contribution is -2.12. The number of anilines is 1. The second-order valence-electron chi connectivity index (χ2n) is 5.49. The Morgan fingerprint density at radius 3 is 2.93 bits per heavy atom. The monoisotopic (exact) mass is 399 g/mol. The van der Waals surface area contributed by atoms with Crippen molar-refractivity contribution in [2.45, 2.75) is 12.8 Å². The van der Waals surface area contributed by atoms with Crippen molar-refractivity contribution in [2.75, 3.05) is 19.0 Å². The van der Waals surface area contributed by atoms with E-state index in [1.165, 1.54) is 18.4 Å². The van der Waals surface area contributed by atoms with Crippen LogP contribution >= 0.6 is 22.7 Å². The number of thiazole rings is 1. The molecule has 1 amide bonds. The van der Waals surface area contributed by atoms with Gasteiger partial charge in [-0.1, -0.05) is 6.07 Å². The van der Waals surface area contributed by atoms with Gasteiger partial charge in [0.05, 0.1) is 35.9 Å². The lowest BCUT2D eigenvalue weighted by Gasteiger charge is -2.10. The van der Waals surface area contributed by atoms with E-state index >= 15 is 0 Å². The molecule has 0 atom stereocenters. The van der Waals surface area contributed by atoms with Gasteiger partial charge in [-0.2, -0.15) is 5.26 Å². The lowest BCUT2D eigenvalue weighted by molar-refractivity contribution is -0.116. The topological polar surface area (TPSA) is 84.2 Å². The van der Waals surface area contributed by atoms with Gasteiger partial charge in [-0.3, -0.25) is 4.79 Å². The van der Waals surface area contributed by atoms with E-state index in [-0.39, 0.29) is 5.91 Å². The average Bonchev–Trinajstić information content (AvgIpc) is 3.37. The van der Waals surface area contributed by atoms with Crippen LogP contribution in [0.15, 0.2) is 41.1 Å². The zero-order valence-electron chi connectivity index (χ0n) is 14.6. The fraction of sp³-hybridized carbons (Fsp3) is 0.211. The van der Waals surface area contributed by atoms with Crippen LogP contribution in [0.25, 0.3) is 10.6 Å². The van der Waals surface area contributed by atoms with Crippen LogP contribution in [-0.2, 0) is 4.79 Å². The predicted octanol–water partition coefficient (Wildman–Crippen LogP) is 4.55. The second kappa shape index (κ2) is 9.16. The number of hydrogen-bond acceptors (Lipinski definition) is 7. The van der Waals surface area contributed by atoms with Gasteiger partial charge in [0.2, 0.25) is 5.91 Å². The molecule has 0 aliphatic carbocycles. The number of nitriles is 1. The van der Waals surface area contributed by atoms with Gasteiger partial charge >= 0.3 is 0 Å². The van der Waals surface area contributed by atoms with Gasteiger partial charge in [0, 0.05) is 17.9 Å². The SMILES string of the molecule is COc1cc(C#N)ccc1OCCCC(=O)Nc1nc(-c2cccs2)cs1. The molecule has 0 spiro atoms. The summed E-state index contributed by atoms with van der Waals surface area (Å²) in [6.07, 6.45) is 0.880. The summed E-state index contributed by atoms with van der Waals surface area (Å²) in [5, 5.41) is 16.2. The third-order valence-corrected chi connectivity index (χ3v) is 5.27. The van der Waals surface area contributed by atoms with E-state index < -0.39 is 0 Å². The molecule has 27 heavy (non-hydrogen) atoms. The fourth-order valence-corrected chi connectivity index (χ4v) is 3.81. The highest BCUT2D eigenvalue weighted by atomic mass is 32.1. The summed E-state index contributed by atoms with van der Waals surface area (Å²) in [5.41, 5.74) is 1.38. The van der Waals surface area contributed by atoms with E-state index in [9.17, 15) is 4.79 Å². The van der Waals surface area contributed by atoms with E-state index in [4.69, 9.17) is 14.7 Å². The van der Waals surface area contributed by atoms with Crippen molar-refractivity contribution in [3.05, 3.63) is 46.7 Å². The third-order valence-electron chi connectivity index (χ3n) is 3.62. The minimum Gasteiger partial charge on any atom is -0.493 e. The van der Waals surface area contributed by atoms with Crippen molar-refractivity contribution in [1.82, 2.24) is 4.98 Å². The highest BCUT2D eigenvalue weighted by molar-refractivity contribution is 7.16. The summed E-state index contributed by atoms with van der Waals surface area (Å²) >= 11 is 3.03. The lowest BCUT2D eigenvalue weighted by atomic mass is 10.2. The smallest absolute Gasteiger partial charge is 0.226 e. The number of nitrogens with zero attached hydrogens (tertiary/aromatic N) is 2.